The van der Waals surface area contributed by atoms with Crippen LogP contribution < -0.4 is 0 Å². The fraction of sp³-hybridized carbons (Fsp3) is 0.375. The molecule has 0 aliphatic carbocycles. The standard InChI is InChI=1S/C16H19N3O2/c1-18-10-8-15(17-18)13-4-2-9-19(12-13)16(20)7-6-14-5-3-11-21-14/h3,5-8,10-11,13H,2,4,9,12H2,1H3/b7-6+/t13-/m0/s1. The Labute approximate surface area is 123 Å². The summed E-state index contributed by atoms with van der Waals surface area (Å²) < 4.78 is 7.01. The topological polar surface area (TPSA) is 51.3 Å². The van der Waals surface area contributed by atoms with E-state index in [2.05, 4.69) is 5.10 Å². The number of amides is 1. The third-order valence-corrected chi connectivity index (χ3v) is 3.82. The zero-order chi connectivity index (χ0) is 14.7. The van der Waals surface area contributed by atoms with E-state index in [-0.39, 0.29) is 5.91 Å². The molecule has 3 heterocycles. The van der Waals surface area contributed by atoms with Crippen molar-refractivity contribution in [1.29, 1.82) is 0 Å². The molecule has 0 N–H and O–H groups in total. The average Bonchev–Trinajstić information content (AvgIpc) is 3.16. The predicted molar refractivity (Wildman–Crippen MR) is 79.5 cm³/mol. The molecule has 110 valence electrons. The van der Waals surface area contributed by atoms with Crippen molar-refractivity contribution in [3.63, 3.8) is 0 Å². The van der Waals surface area contributed by atoms with Crippen molar-refractivity contribution < 1.29 is 9.21 Å². The van der Waals surface area contributed by atoms with Gasteiger partial charge in [0.25, 0.3) is 0 Å². The highest BCUT2D eigenvalue weighted by molar-refractivity contribution is 5.91. The van der Waals surface area contributed by atoms with Crippen LogP contribution in [-0.4, -0.2) is 33.7 Å². The number of hydrogen-bond donors (Lipinski definition) is 0. The molecule has 1 fully saturated rings. The monoisotopic (exact) mass is 285 g/mol. The van der Waals surface area contributed by atoms with Crippen molar-refractivity contribution in [2.75, 3.05) is 13.1 Å². The molecule has 1 saturated heterocycles. The van der Waals surface area contributed by atoms with E-state index < -0.39 is 0 Å². The van der Waals surface area contributed by atoms with E-state index in [1.165, 1.54) is 0 Å². The van der Waals surface area contributed by atoms with Gasteiger partial charge in [-0.2, -0.15) is 5.10 Å². The summed E-state index contributed by atoms with van der Waals surface area (Å²) >= 11 is 0. The zero-order valence-electron chi connectivity index (χ0n) is 12.1. The van der Waals surface area contributed by atoms with E-state index in [1.807, 2.05) is 41.0 Å². The van der Waals surface area contributed by atoms with Crippen LogP contribution >= 0.6 is 0 Å². The van der Waals surface area contributed by atoms with E-state index in [0.717, 1.165) is 31.6 Å². The fourth-order valence-electron chi connectivity index (χ4n) is 2.71. The summed E-state index contributed by atoms with van der Waals surface area (Å²) in [5.74, 6) is 1.06. The number of aryl methyl sites for hydroxylation is 1. The van der Waals surface area contributed by atoms with E-state index in [4.69, 9.17) is 4.42 Å². The lowest BCUT2D eigenvalue weighted by Gasteiger charge is -2.31. The van der Waals surface area contributed by atoms with Crippen LogP contribution in [0.25, 0.3) is 6.08 Å². The Morgan fingerprint density at radius 2 is 2.38 bits per heavy atom. The van der Waals surface area contributed by atoms with Gasteiger partial charge in [0.1, 0.15) is 5.76 Å². The summed E-state index contributed by atoms with van der Waals surface area (Å²) in [6, 6.07) is 5.68. The number of carbonyl (C=O) groups is 1. The molecule has 1 aliphatic rings. The molecule has 0 radical (unpaired) electrons. The van der Waals surface area contributed by atoms with Gasteiger partial charge in [-0.1, -0.05) is 0 Å². The maximum atomic E-state index is 12.2. The normalized spacial score (nSPS) is 19.3. The van der Waals surface area contributed by atoms with Crippen LogP contribution in [-0.2, 0) is 11.8 Å². The molecule has 0 saturated carbocycles. The summed E-state index contributed by atoms with van der Waals surface area (Å²) in [7, 11) is 1.92. The minimum atomic E-state index is 0.0343. The molecule has 2 aromatic heterocycles. The van der Waals surface area contributed by atoms with Gasteiger partial charge in [0.2, 0.25) is 5.91 Å². The Balaban J connectivity index is 1.64. The highest BCUT2D eigenvalue weighted by Crippen LogP contribution is 2.25. The molecule has 0 spiro atoms. The van der Waals surface area contributed by atoms with Crippen molar-refractivity contribution in [2.24, 2.45) is 7.05 Å². The summed E-state index contributed by atoms with van der Waals surface area (Å²) in [5, 5.41) is 4.46. The predicted octanol–water partition coefficient (Wildman–Crippen LogP) is 2.43. The van der Waals surface area contributed by atoms with Gasteiger partial charge in [0.15, 0.2) is 0 Å². The third-order valence-electron chi connectivity index (χ3n) is 3.82. The van der Waals surface area contributed by atoms with Crippen LogP contribution in [0.15, 0.2) is 41.2 Å². The highest BCUT2D eigenvalue weighted by atomic mass is 16.3. The minimum Gasteiger partial charge on any atom is -0.465 e. The molecule has 2 aromatic rings. The second-order valence-corrected chi connectivity index (χ2v) is 5.39. The quantitative estimate of drug-likeness (QED) is 0.814. The smallest absolute Gasteiger partial charge is 0.246 e. The Bertz CT molecular complexity index is 628. The van der Waals surface area contributed by atoms with Crippen LogP contribution in [0.3, 0.4) is 0 Å². The third kappa shape index (κ3) is 3.24. The van der Waals surface area contributed by atoms with Gasteiger partial charge in [0, 0.05) is 38.3 Å². The molecular weight excluding hydrogens is 266 g/mol. The van der Waals surface area contributed by atoms with Gasteiger partial charge < -0.3 is 9.32 Å². The second-order valence-electron chi connectivity index (χ2n) is 5.39. The van der Waals surface area contributed by atoms with E-state index >= 15 is 0 Å². The number of piperidine rings is 1. The van der Waals surface area contributed by atoms with Crippen LogP contribution in [0.5, 0.6) is 0 Å². The van der Waals surface area contributed by atoms with Crippen molar-refractivity contribution in [3.8, 4) is 0 Å². The van der Waals surface area contributed by atoms with Gasteiger partial charge >= 0.3 is 0 Å². The number of carbonyl (C=O) groups excluding carboxylic acids is 1. The van der Waals surface area contributed by atoms with Crippen LogP contribution in [0, 0.1) is 0 Å². The van der Waals surface area contributed by atoms with Gasteiger partial charge in [-0.25, -0.2) is 0 Å². The van der Waals surface area contributed by atoms with Crippen molar-refractivity contribution in [1.82, 2.24) is 14.7 Å². The Kier molecular flexibility index (Phi) is 3.90. The summed E-state index contributed by atoms with van der Waals surface area (Å²) in [5.41, 5.74) is 1.07. The summed E-state index contributed by atoms with van der Waals surface area (Å²) in [6.07, 6.45) is 8.95. The molecular formula is C16H19N3O2. The van der Waals surface area contributed by atoms with Crippen molar-refractivity contribution in [3.05, 3.63) is 48.2 Å². The molecule has 0 aromatic carbocycles. The maximum absolute atomic E-state index is 12.2. The van der Waals surface area contributed by atoms with Gasteiger partial charge in [0.05, 0.1) is 12.0 Å². The van der Waals surface area contributed by atoms with Gasteiger partial charge in [-0.05, 0) is 37.1 Å². The number of likely N-dealkylation sites (tertiary alicyclic amines) is 1. The lowest BCUT2D eigenvalue weighted by atomic mass is 9.95. The van der Waals surface area contributed by atoms with E-state index in [9.17, 15) is 4.79 Å². The van der Waals surface area contributed by atoms with E-state index in [1.54, 1.807) is 18.4 Å². The fourth-order valence-corrected chi connectivity index (χ4v) is 2.71. The molecule has 0 bridgehead atoms. The SMILES string of the molecule is Cn1ccc([C@H]2CCCN(C(=O)/C=C/c3ccco3)C2)n1. The second kappa shape index (κ2) is 5.99. The molecule has 5 heteroatoms. The van der Waals surface area contributed by atoms with Crippen LogP contribution in [0.4, 0.5) is 0 Å². The zero-order valence-corrected chi connectivity index (χ0v) is 12.1. The lowest BCUT2D eigenvalue weighted by molar-refractivity contribution is -0.127. The Morgan fingerprint density at radius 1 is 1.48 bits per heavy atom. The minimum absolute atomic E-state index is 0.0343. The van der Waals surface area contributed by atoms with Gasteiger partial charge in [-0.3, -0.25) is 9.48 Å². The molecule has 1 amide bonds. The molecule has 1 atom stereocenters. The molecule has 0 unspecified atom stereocenters. The van der Waals surface area contributed by atoms with Crippen LogP contribution in [0.1, 0.15) is 30.2 Å². The number of hydrogen-bond acceptors (Lipinski definition) is 3. The highest BCUT2D eigenvalue weighted by Gasteiger charge is 2.25. The van der Waals surface area contributed by atoms with E-state index in [0.29, 0.717) is 11.7 Å². The summed E-state index contributed by atoms with van der Waals surface area (Å²) in [6.45, 7) is 1.54. The number of aromatic nitrogens is 2. The Hall–Kier alpha value is -2.30. The molecule has 5 nitrogen and oxygen atoms in total. The maximum Gasteiger partial charge on any atom is 0.246 e. The summed E-state index contributed by atoms with van der Waals surface area (Å²) in [4.78, 5) is 14.1. The molecule has 21 heavy (non-hydrogen) atoms. The average molecular weight is 285 g/mol. The first kappa shape index (κ1) is 13.7. The van der Waals surface area contributed by atoms with Crippen LogP contribution in [0.2, 0.25) is 0 Å². The van der Waals surface area contributed by atoms with Crippen molar-refractivity contribution >= 4 is 12.0 Å². The Morgan fingerprint density at radius 3 is 3.10 bits per heavy atom. The first-order chi connectivity index (χ1) is 10.2. The molecule has 3 rings (SSSR count). The van der Waals surface area contributed by atoms with Gasteiger partial charge in [-0.15, -0.1) is 0 Å². The number of furan rings is 1. The number of rotatable bonds is 3. The first-order valence-corrected chi connectivity index (χ1v) is 7.22. The lowest BCUT2D eigenvalue weighted by Crippen LogP contribution is -2.38. The van der Waals surface area contributed by atoms with Crippen molar-refractivity contribution in [2.45, 2.75) is 18.8 Å². The molecule has 1 aliphatic heterocycles. The largest absolute Gasteiger partial charge is 0.465 e. The number of nitrogens with zero attached hydrogens (tertiary/aromatic N) is 3. The first-order valence-electron chi connectivity index (χ1n) is 7.22.